The van der Waals surface area contributed by atoms with Gasteiger partial charge >= 0.3 is 5.97 Å². The lowest BCUT2D eigenvalue weighted by Crippen LogP contribution is -2.59. The predicted molar refractivity (Wildman–Crippen MR) is 262 cm³/mol. The van der Waals surface area contributed by atoms with Gasteiger partial charge in [-0.05, 0) is 73.6 Å². The molecule has 1 unspecified atom stereocenters. The molecule has 2 rings (SSSR count). The van der Waals surface area contributed by atoms with E-state index in [2.05, 4.69) is 47.2 Å². The molecule has 386 valence electrons. The number of carboxylic acids is 1. The van der Waals surface area contributed by atoms with E-state index < -0.39 is 103 Å². The molecule has 0 heterocycles. The number of aliphatic imine (C=N–C) groups is 2. The Morgan fingerprint density at radius 2 is 1.07 bits per heavy atom. The van der Waals surface area contributed by atoms with Crippen molar-refractivity contribution in [2.75, 3.05) is 26.2 Å². The number of carbonyl (C=O) groups is 8. The fourth-order valence-corrected chi connectivity index (χ4v) is 6.82. The molecule has 0 aliphatic heterocycles. The van der Waals surface area contributed by atoms with Crippen molar-refractivity contribution in [3.8, 4) is 5.75 Å². The first kappa shape index (κ1) is 58.6. The van der Waals surface area contributed by atoms with E-state index in [0.29, 0.717) is 17.5 Å². The number of hydrogen-bond donors (Lipinski definition) is 14. The monoisotopic (exact) mass is 981 g/mol. The molecule has 24 nitrogen and oxygen atoms in total. The summed E-state index contributed by atoms with van der Waals surface area (Å²) in [6.45, 7) is 6.11. The van der Waals surface area contributed by atoms with Crippen molar-refractivity contribution in [3.63, 3.8) is 0 Å². The molecule has 24 heteroatoms. The van der Waals surface area contributed by atoms with Gasteiger partial charge in [-0.15, -0.1) is 0 Å². The number of nitrogens with one attached hydrogen (secondary N) is 7. The molecule has 0 fully saturated rings. The van der Waals surface area contributed by atoms with Crippen molar-refractivity contribution < 1.29 is 48.6 Å². The number of aliphatic carboxylic acids is 1. The van der Waals surface area contributed by atoms with Crippen molar-refractivity contribution in [3.05, 3.63) is 65.7 Å². The summed E-state index contributed by atoms with van der Waals surface area (Å²) in [4.78, 5) is 114. The fourth-order valence-electron chi connectivity index (χ4n) is 6.82. The van der Waals surface area contributed by atoms with E-state index in [1.165, 1.54) is 12.1 Å². The highest BCUT2D eigenvalue weighted by Crippen LogP contribution is 2.13. The van der Waals surface area contributed by atoms with Gasteiger partial charge in [0.2, 0.25) is 41.4 Å². The van der Waals surface area contributed by atoms with Crippen LogP contribution in [0.3, 0.4) is 0 Å². The van der Waals surface area contributed by atoms with Gasteiger partial charge in [-0.2, -0.15) is 0 Å². The third-order valence-electron chi connectivity index (χ3n) is 10.8. The summed E-state index contributed by atoms with van der Waals surface area (Å²) in [5, 5.41) is 37.3. The van der Waals surface area contributed by atoms with E-state index in [9.17, 15) is 48.6 Å². The van der Waals surface area contributed by atoms with Crippen molar-refractivity contribution >= 4 is 59.2 Å². The molecule has 7 atom stereocenters. The van der Waals surface area contributed by atoms with Gasteiger partial charge in [0, 0.05) is 19.5 Å². The molecule has 7 amide bonds. The van der Waals surface area contributed by atoms with Gasteiger partial charge in [-0.25, -0.2) is 4.79 Å². The average Bonchev–Trinajstić information content (AvgIpc) is 3.30. The van der Waals surface area contributed by atoms with E-state index in [4.69, 9.17) is 28.7 Å². The second kappa shape index (κ2) is 30.8. The highest BCUT2D eigenvalue weighted by atomic mass is 16.4. The first-order valence-electron chi connectivity index (χ1n) is 23.1. The Balaban J connectivity index is 2.29. The highest BCUT2D eigenvalue weighted by Gasteiger charge is 2.34. The molecular weight excluding hydrogens is 909 g/mol. The Hall–Kier alpha value is -7.50. The van der Waals surface area contributed by atoms with Gasteiger partial charge in [0.1, 0.15) is 36.0 Å². The molecule has 0 aromatic heterocycles. The van der Waals surface area contributed by atoms with E-state index in [1.54, 1.807) is 70.2 Å². The van der Waals surface area contributed by atoms with E-state index in [1.807, 2.05) is 0 Å². The average molecular weight is 981 g/mol. The van der Waals surface area contributed by atoms with Gasteiger partial charge in [-0.3, -0.25) is 43.5 Å². The molecule has 0 aliphatic carbocycles. The Morgan fingerprint density at radius 3 is 1.59 bits per heavy atom. The van der Waals surface area contributed by atoms with Gasteiger partial charge in [-0.1, -0.05) is 76.6 Å². The molecule has 0 bridgehead atoms. The number of aromatic hydroxyl groups is 1. The van der Waals surface area contributed by atoms with Crippen LogP contribution < -0.4 is 65.9 Å². The lowest BCUT2D eigenvalue weighted by atomic mass is 9.98. The Bertz CT molecular complexity index is 2100. The van der Waals surface area contributed by atoms with E-state index in [-0.39, 0.29) is 81.6 Å². The van der Waals surface area contributed by atoms with Crippen LogP contribution in [0.1, 0.15) is 77.3 Å². The summed E-state index contributed by atoms with van der Waals surface area (Å²) >= 11 is 0. The lowest BCUT2D eigenvalue weighted by molar-refractivity contribution is -0.144. The third-order valence-corrected chi connectivity index (χ3v) is 10.8. The molecular formula is C46H72N14O10. The molecule has 0 spiro atoms. The van der Waals surface area contributed by atoms with Crippen LogP contribution in [0.2, 0.25) is 0 Å². The van der Waals surface area contributed by atoms with Crippen molar-refractivity contribution in [1.82, 2.24) is 37.2 Å². The molecule has 0 saturated heterocycles. The summed E-state index contributed by atoms with van der Waals surface area (Å²) in [5.74, 6) is -7.50. The summed E-state index contributed by atoms with van der Waals surface area (Å²) < 4.78 is 0. The second-order valence-electron chi connectivity index (χ2n) is 17.2. The first-order chi connectivity index (χ1) is 33.1. The minimum Gasteiger partial charge on any atom is -0.508 e. The number of rotatable bonds is 31. The summed E-state index contributed by atoms with van der Waals surface area (Å²) in [5.41, 5.74) is 29.2. The molecule has 0 aliphatic rings. The maximum absolute atomic E-state index is 14.2. The van der Waals surface area contributed by atoms with Crippen LogP contribution in [0, 0.1) is 11.8 Å². The zero-order chi connectivity index (χ0) is 52.3. The minimum atomic E-state index is -1.32. The number of phenolic OH excluding ortho intramolecular Hbond substituents is 1. The van der Waals surface area contributed by atoms with Crippen molar-refractivity contribution in [1.29, 1.82) is 0 Å². The molecule has 2 aromatic carbocycles. The smallest absolute Gasteiger partial charge is 0.326 e. The van der Waals surface area contributed by atoms with Crippen LogP contribution in [0.5, 0.6) is 5.75 Å². The molecule has 19 N–H and O–H groups in total. The van der Waals surface area contributed by atoms with Gasteiger partial charge in [0.05, 0.1) is 19.1 Å². The summed E-state index contributed by atoms with van der Waals surface area (Å²) in [6, 6.07) is 7.40. The number of guanidine groups is 2. The number of benzene rings is 2. The highest BCUT2D eigenvalue weighted by molar-refractivity contribution is 5.97. The maximum Gasteiger partial charge on any atom is 0.326 e. The number of amides is 7. The number of carboxylic acid groups (broad SMARTS) is 1. The molecule has 2 aromatic rings. The van der Waals surface area contributed by atoms with Crippen LogP contribution in [0.4, 0.5) is 0 Å². The predicted octanol–water partition coefficient (Wildman–Crippen LogP) is -2.55. The van der Waals surface area contributed by atoms with Crippen LogP contribution in [0.15, 0.2) is 64.6 Å². The van der Waals surface area contributed by atoms with Crippen LogP contribution in [0.25, 0.3) is 0 Å². The third kappa shape index (κ3) is 23.0. The van der Waals surface area contributed by atoms with Crippen molar-refractivity contribution in [2.45, 2.75) is 115 Å². The number of nitrogens with two attached hydrogens (primary N) is 5. The zero-order valence-corrected chi connectivity index (χ0v) is 40.2. The Kier molecular flexibility index (Phi) is 25.8. The van der Waals surface area contributed by atoms with Crippen LogP contribution >= 0.6 is 0 Å². The van der Waals surface area contributed by atoms with Crippen LogP contribution in [-0.2, 0) is 51.2 Å². The Morgan fingerprint density at radius 1 is 0.586 bits per heavy atom. The van der Waals surface area contributed by atoms with Gasteiger partial charge < -0.3 is 76.1 Å². The Labute approximate surface area is 407 Å². The standard InChI is InChI=1S/C46H72N14O10/c1-5-27(4)38(44(69)70)60-41(66)33(14-10-20-53-46(50)51)57-40(65)32(13-9-19-52-45(48)49)58-42(67)34(21-26(2)3)59-43(68)35(23-28-11-7-6-8-12-28)56-37(63)25-54-36(62)24-55-39(64)31(47)22-29-15-17-30(61)18-16-29/h6-8,11-12,15-18,26-27,31-35,38,61H,5,9-10,13-14,19-25,47H2,1-4H3,(H,54,62)(H,55,64)(H,56,63)(H,57,65)(H,58,67)(H,59,68)(H,60,66)(H,69,70)(H4,48,49,52)(H4,50,51,53)/t27-,31-,32+,33+,34?,35+,38-/m0/s1. The maximum atomic E-state index is 14.2. The number of phenols is 1. The number of carbonyl (C=O) groups excluding carboxylic acids is 7. The lowest BCUT2D eigenvalue weighted by Gasteiger charge is -2.28. The fraction of sp³-hybridized carbons (Fsp3) is 0.522. The molecule has 0 radical (unpaired) electrons. The molecule has 0 saturated carbocycles. The summed E-state index contributed by atoms with van der Waals surface area (Å²) in [7, 11) is 0. The largest absolute Gasteiger partial charge is 0.508 e. The molecule has 70 heavy (non-hydrogen) atoms. The minimum absolute atomic E-state index is 0.0195. The van der Waals surface area contributed by atoms with Gasteiger partial charge in [0.25, 0.3) is 0 Å². The number of hydrogen-bond acceptors (Lipinski definition) is 12. The normalized spacial score (nSPS) is 13.9. The topological polar surface area (TPSA) is 416 Å². The SMILES string of the molecule is CC[C@H](C)[C@H](NC(=O)[C@@H](CCCN=C(N)N)NC(=O)[C@@H](CCCN=C(N)N)NC(=O)C(CC(C)C)NC(=O)[C@@H](Cc1ccccc1)NC(=O)CNC(=O)CNC(=O)[C@@H](N)Cc1ccc(O)cc1)C(=O)O. The van der Waals surface area contributed by atoms with E-state index in [0.717, 1.165) is 0 Å². The van der Waals surface area contributed by atoms with Gasteiger partial charge in [0.15, 0.2) is 11.9 Å². The van der Waals surface area contributed by atoms with Crippen molar-refractivity contribution in [2.24, 2.45) is 50.5 Å². The van der Waals surface area contributed by atoms with Crippen LogP contribution in [-0.4, -0.2) is 132 Å². The number of nitrogens with zero attached hydrogens (tertiary/aromatic N) is 2. The zero-order valence-electron chi connectivity index (χ0n) is 40.2. The second-order valence-corrected chi connectivity index (χ2v) is 17.2. The summed E-state index contributed by atoms with van der Waals surface area (Å²) in [6.07, 6.45) is 0.930. The first-order valence-corrected chi connectivity index (χ1v) is 23.1. The van der Waals surface area contributed by atoms with E-state index >= 15 is 0 Å². The quantitative estimate of drug-likeness (QED) is 0.0210.